The first kappa shape index (κ1) is 15.6. The molecule has 0 saturated carbocycles. The highest BCUT2D eigenvalue weighted by Gasteiger charge is 2.23. The Labute approximate surface area is 114 Å². The van der Waals surface area contributed by atoms with Crippen molar-refractivity contribution in [1.82, 2.24) is 10.0 Å². The van der Waals surface area contributed by atoms with Gasteiger partial charge in [-0.3, -0.25) is 0 Å². The van der Waals surface area contributed by atoms with Gasteiger partial charge in [-0.1, -0.05) is 0 Å². The van der Waals surface area contributed by atoms with Crippen molar-refractivity contribution in [2.75, 3.05) is 13.6 Å². The molecule has 0 aliphatic heterocycles. The van der Waals surface area contributed by atoms with Gasteiger partial charge in [0.05, 0.1) is 5.25 Å². The summed E-state index contributed by atoms with van der Waals surface area (Å²) in [6.07, 6.45) is 0. The maximum absolute atomic E-state index is 12.1. The third kappa shape index (κ3) is 3.78. The zero-order valence-electron chi connectivity index (χ0n) is 11.6. The van der Waals surface area contributed by atoms with Gasteiger partial charge in [-0.25, -0.2) is 13.1 Å². The number of rotatable bonds is 6. The van der Waals surface area contributed by atoms with Crippen LogP contribution in [-0.2, 0) is 10.0 Å². The van der Waals surface area contributed by atoms with E-state index in [2.05, 4.69) is 16.1 Å². The van der Waals surface area contributed by atoms with Crippen LogP contribution in [0.5, 0.6) is 0 Å². The van der Waals surface area contributed by atoms with E-state index in [1.165, 1.54) is 9.75 Å². The van der Waals surface area contributed by atoms with Crippen LogP contribution in [0.15, 0.2) is 6.07 Å². The first-order chi connectivity index (χ1) is 8.27. The molecule has 0 bridgehead atoms. The number of hydrogen-bond donors (Lipinski definition) is 2. The highest BCUT2D eigenvalue weighted by Crippen LogP contribution is 2.26. The Morgan fingerprint density at radius 3 is 2.39 bits per heavy atom. The van der Waals surface area contributed by atoms with Gasteiger partial charge in [0.15, 0.2) is 0 Å². The summed E-state index contributed by atoms with van der Waals surface area (Å²) >= 11 is 1.70. The van der Waals surface area contributed by atoms with Crippen LogP contribution in [0, 0.1) is 13.8 Å². The summed E-state index contributed by atoms with van der Waals surface area (Å²) in [7, 11) is -1.53. The van der Waals surface area contributed by atoms with Crippen molar-refractivity contribution >= 4 is 21.4 Å². The van der Waals surface area contributed by atoms with E-state index < -0.39 is 15.3 Å². The first-order valence-corrected chi connectivity index (χ1v) is 8.37. The average molecular weight is 290 g/mol. The second-order valence-electron chi connectivity index (χ2n) is 4.62. The maximum atomic E-state index is 12.1. The van der Waals surface area contributed by atoms with Crippen LogP contribution in [-0.4, -0.2) is 27.3 Å². The third-order valence-electron chi connectivity index (χ3n) is 2.91. The second-order valence-corrected chi connectivity index (χ2v) is 8.21. The molecule has 2 N–H and O–H groups in total. The van der Waals surface area contributed by atoms with Crippen molar-refractivity contribution in [1.29, 1.82) is 0 Å². The van der Waals surface area contributed by atoms with Gasteiger partial charge in [-0.15, -0.1) is 11.3 Å². The average Bonchev–Trinajstić information content (AvgIpc) is 2.57. The molecular formula is C12H22N2O2S2. The molecule has 1 rings (SSSR count). The second kappa shape index (κ2) is 6.14. The van der Waals surface area contributed by atoms with Gasteiger partial charge in [0, 0.05) is 22.3 Å². The maximum Gasteiger partial charge on any atom is 0.216 e. The normalized spacial score (nSPS) is 15.6. The summed E-state index contributed by atoms with van der Waals surface area (Å²) in [5.41, 5.74) is 1.07. The predicted octanol–water partition coefficient (Wildman–Crippen LogP) is 1.95. The molecule has 0 fully saturated rings. The topological polar surface area (TPSA) is 58.2 Å². The van der Waals surface area contributed by atoms with Crippen LogP contribution in [0.3, 0.4) is 0 Å². The van der Waals surface area contributed by atoms with Crippen LogP contribution in [0.4, 0.5) is 0 Å². The fraction of sp³-hybridized carbons (Fsp3) is 0.667. The quantitative estimate of drug-likeness (QED) is 0.842. The zero-order valence-corrected chi connectivity index (χ0v) is 13.2. The van der Waals surface area contributed by atoms with Gasteiger partial charge >= 0.3 is 0 Å². The molecule has 0 aliphatic rings. The Balaban J connectivity index is 2.81. The van der Waals surface area contributed by atoms with E-state index in [9.17, 15) is 8.42 Å². The summed E-state index contributed by atoms with van der Waals surface area (Å²) < 4.78 is 26.9. The van der Waals surface area contributed by atoms with Crippen LogP contribution in [0.25, 0.3) is 0 Å². The minimum Gasteiger partial charge on any atom is -0.318 e. The SMILES string of the molecule is CNCC(C)S(=O)(=O)NC(C)c1cc(C)sc1C. The molecular weight excluding hydrogens is 268 g/mol. The Morgan fingerprint density at radius 2 is 1.94 bits per heavy atom. The predicted molar refractivity (Wildman–Crippen MR) is 77.7 cm³/mol. The lowest BCUT2D eigenvalue weighted by atomic mass is 10.1. The smallest absolute Gasteiger partial charge is 0.216 e. The van der Waals surface area contributed by atoms with Crippen molar-refractivity contribution in [3.8, 4) is 0 Å². The van der Waals surface area contributed by atoms with Gasteiger partial charge in [-0.05, 0) is 46.4 Å². The number of hydrogen-bond acceptors (Lipinski definition) is 4. The van der Waals surface area contributed by atoms with E-state index in [-0.39, 0.29) is 6.04 Å². The fourth-order valence-corrected chi connectivity index (χ4v) is 4.16. The molecule has 0 aromatic carbocycles. The van der Waals surface area contributed by atoms with Gasteiger partial charge in [0.1, 0.15) is 0 Å². The lowest BCUT2D eigenvalue weighted by Gasteiger charge is -2.18. The van der Waals surface area contributed by atoms with E-state index in [0.717, 1.165) is 5.56 Å². The highest BCUT2D eigenvalue weighted by atomic mass is 32.2. The summed E-state index contributed by atoms with van der Waals surface area (Å²) in [5.74, 6) is 0. The largest absolute Gasteiger partial charge is 0.318 e. The monoisotopic (exact) mass is 290 g/mol. The molecule has 0 saturated heterocycles. The summed E-state index contributed by atoms with van der Waals surface area (Å²) in [5, 5.41) is 2.45. The number of sulfonamides is 1. The molecule has 4 nitrogen and oxygen atoms in total. The Kier molecular flexibility index (Phi) is 5.33. The molecule has 2 unspecified atom stereocenters. The molecule has 6 heteroatoms. The van der Waals surface area contributed by atoms with Crippen molar-refractivity contribution in [3.05, 3.63) is 21.4 Å². The molecule has 0 aliphatic carbocycles. The van der Waals surface area contributed by atoms with Crippen LogP contribution < -0.4 is 10.0 Å². The van der Waals surface area contributed by atoms with E-state index in [0.29, 0.717) is 6.54 Å². The van der Waals surface area contributed by atoms with Gasteiger partial charge < -0.3 is 5.32 Å². The number of aryl methyl sites for hydroxylation is 2. The van der Waals surface area contributed by atoms with Crippen molar-refractivity contribution in [2.45, 2.75) is 39.0 Å². The number of nitrogens with one attached hydrogen (secondary N) is 2. The van der Waals surface area contributed by atoms with E-state index in [1.54, 1.807) is 25.3 Å². The van der Waals surface area contributed by atoms with Crippen LogP contribution in [0.1, 0.15) is 35.2 Å². The van der Waals surface area contributed by atoms with E-state index >= 15 is 0 Å². The van der Waals surface area contributed by atoms with Crippen LogP contribution >= 0.6 is 11.3 Å². The molecule has 1 aromatic rings. The van der Waals surface area contributed by atoms with Gasteiger partial charge in [0.25, 0.3) is 0 Å². The standard InChI is InChI=1S/C12H22N2O2S2/c1-8-6-12(11(4)17-8)10(3)14-18(15,16)9(2)7-13-5/h6,9-10,13-14H,7H2,1-5H3. The Hall–Kier alpha value is -0.430. The third-order valence-corrected chi connectivity index (χ3v) is 5.80. The molecule has 18 heavy (non-hydrogen) atoms. The van der Waals surface area contributed by atoms with Gasteiger partial charge in [-0.2, -0.15) is 0 Å². The molecule has 1 heterocycles. The summed E-state index contributed by atoms with van der Waals surface area (Å²) in [4.78, 5) is 2.38. The molecule has 1 aromatic heterocycles. The summed E-state index contributed by atoms with van der Waals surface area (Å²) in [6, 6.07) is 1.87. The minimum absolute atomic E-state index is 0.181. The van der Waals surface area contributed by atoms with Crippen LogP contribution in [0.2, 0.25) is 0 Å². The van der Waals surface area contributed by atoms with Gasteiger partial charge in [0.2, 0.25) is 10.0 Å². The molecule has 104 valence electrons. The molecule has 0 radical (unpaired) electrons. The van der Waals surface area contributed by atoms with Crippen molar-refractivity contribution in [3.63, 3.8) is 0 Å². The zero-order chi connectivity index (χ0) is 13.9. The lowest BCUT2D eigenvalue weighted by Crippen LogP contribution is -2.39. The lowest BCUT2D eigenvalue weighted by molar-refractivity contribution is 0.550. The minimum atomic E-state index is -3.29. The van der Waals surface area contributed by atoms with E-state index in [1.807, 2.05) is 20.8 Å². The number of thiophene rings is 1. The fourth-order valence-electron chi connectivity index (χ4n) is 1.90. The van der Waals surface area contributed by atoms with Crippen molar-refractivity contribution in [2.24, 2.45) is 0 Å². The molecule has 2 atom stereocenters. The van der Waals surface area contributed by atoms with Crippen molar-refractivity contribution < 1.29 is 8.42 Å². The Bertz CT molecular complexity index is 494. The van der Waals surface area contributed by atoms with E-state index in [4.69, 9.17) is 0 Å². The molecule has 0 amide bonds. The highest BCUT2D eigenvalue weighted by molar-refractivity contribution is 7.90. The molecule has 0 spiro atoms. The summed E-state index contributed by atoms with van der Waals surface area (Å²) in [6.45, 7) is 8.10. The Morgan fingerprint density at radius 1 is 1.33 bits per heavy atom. The first-order valence-electron chi connectivity index (χ1n) is 6.00.